The molecule has 1 amide bonds. The van der Waals surface area contributed by atoms with Crippen LogP contribution in [-0.2, 0) is 6.42 Å². The molecule has 4 nitrogen and oxygen atoms in total. The van der Waals surface area contributed by atoms with Crippen LogP contribution in [0.5, 0.6) is 0 Å². The van der Waals surface area contributed by atoms with Gasteiger partial charge in [-0.2, -0.15) is 0 Å². The highest BCUT2D eigenvalue weighted by Crippen LogP contribution is 2.06. The van der Waals surface area contributed by atoms with Crippen LogP contribution in [0.25, 0.3) is 0 Å². The van der Waals surface area contributed by atoms with Gasteiger partial charge in [-0.05, 0) is 43.8 Å². The molecule has 0 bridgehead atoms. The summed E-state index contributed by atoms with van der Waals surface area (Å²) >= 11 is 0. The Balaban J connectivity index is 2.65. The van der Waals surface area contributed by atoms with Crippen molar-refractivity contribution < 1.29 is 9.59 Å². The van der Waals surface area contributed by atoms with E-state index in [4.69, 9.17) is 5.73 Å². The summed E-state index contributed by atoms with van der Waals surface area (Å²) in [4.78, 5) is 21.5. The molecule has 0 atom stereocenters. The monoisotopic (exact) mass is 252 g/mol. The van der Waals surface area contributed by atoms with Crippen LogP contribution in [0.4, 0.5) is 0 Å². The second kappa shape index (κ2) is 5.95. The van der Waals surface area contributed by atoms with Crippen LogP contribution in [0.2, 0.25) is 13.1 Å². The molecule has 0 aliphatic carbocycles. The van der Waals surface area contributed by atoms with E-state index in [-0.39, 0.29) is 5.91 Å². The van der Waals surface area contributed by atoms with Gasteiger partial charge >= 0.3 is 0 Å². The molecule has 0 radical (unpaired) electrons. The number of rotatable bonds is 5. The highest BCUT2D eigenvalue weighted by atomic mass is 28.4. The molecule has 1 aromatic rings. The van der Waals surface area contributed by atoms with Crippen LogP contribution in [0.3, 0.4) is 0 Å². The molecule has 0 unspecified atom stereocenters. The van der Waals surface area contributed by atoms with E-state index in [0.717, 1.165) is 12.0 Å². The van der Waals surface area contributed by atoms with Gasteiger partial charge in [-0.25, -0.2) is 0 Å². The normalized spacial score (nSPS) is 11.3. The van der Waals surface area contributed by atoms with Crippen LogP contribution < -0.4 is 11.1 Å². The van der Waals surface area contributed by atoms with Crippen molar-refractivity contribution in [3.8, 4) is 0 Å². The molecule has 0 aromatic heterocycles. The predicted octanol–water partition coefficient (Wildman–Crippen LogP) is 0.654. The Kier molecular flexibility index (Phi) is 4.86. The molecular weight excluding hydrogens is 232 g/mol. The smallest absolute Gasteiger partial charge is 0.251 e. The van der Waals surface area contributed by atoms with Gasteiger partial charge in [-0.15, -0.1) is 0 Å². The molecule has 0 aliphatic rings. The van der Waals surface area contributed by atoms with Gasteiger partial charge in [0.25, 0.3) is 5.91 Å². The maximum Gasteiger partial charge on any atom is 0.251 e. The van der Waals surface area contributed by atoms with Gasteiger partial charge in [-0.3, -0.25) is 4.79 Å². The lowest BCUT2D eigenvalue weighted by atomic mass is 10.1. The molecule has 5 heteroatoms. The highest BCUT2D eigenvalue weighted by molar-refractivity contribution is 6.70. The summed E-state index contributed by atoms with van der Waals surface area (Å²) in [5, 5.41) is 2.75. The summed E-state index contributed by atoms with van der Waals surface area (Å²) < 4.78 is 0. The first-order valence-corrected chi connectivity index (χ1v) is 8.87. The number of benzene rings is 1. The Labute approximate surface area is 103 Å². The molecule has 94 valence electrons. The van der Waals surface area contributed by atoms with Gasteiger partial charge in [0.2, 0.25) is 8.32 Å². The number of hydrogen-bond donors (Lipinski definition) is 3. The second-order valence-corrected chi connectivity index (χ2v) is 8.71. The summed E-state index contributed by atoms with van der Waals surface area (Å²) in [6, 6.07) is 7.41. The minimum Gasteiger partial charge on any atom is -0.431 e. The van der Waals surface area contributed by atoms with Crippen molar-refractivity contribution in [2.24, 2.45) is 5.73 Å². The van der Waals surface area contributed by atoms with E-state index < -0.39 is 8.32 Å². The van der Waals surface area contributed by atoms with Crippen molar-refractivity contribution in [3.63, 3.8) is 0 Å². The van der Waals surface area contributed by atoms with Gasteiger partial charge in [0.1, 0.15) is 0 Å². The zero-order valence-electron chi connectivity index (χ0n) is 10.4. The first-order valence-electron chi connectivity index (χ1n) is 5.72. The van der Waals surface area contributed by atoms with Crippen molar-refractivity contribution in [2.75, 3.05) is 12.7 Å². The van der Waals surface area contributed by atoms with Crippen LogP contribution >= 0.6 is 0 Å². The summed E-state index contributed by atoms with van der Waals surface area (Å²) in [7, 11) is -2.23. The number of carbonyl (C=O) groups is 1. The van der Waals surface area contributed by atoms with Crippen molar-refractivity contribution >= 4 is 14.2 Å². The fourth-order valence-electron chi connectivity index (χ4n) is 1.43. The second-order valence-electron chi connectivity index (χ2n) is 4.73. The van der Waals surface area contributed by atoms with Crippen molar-refractivity contribution in [1.29, 1.82) is 0 Å². The molecule has 1 rings (SSSR count). The Bertz CT molecular complexity index is 388. The van der Waals surface area contributed by atoms with E-state index in [1.807, 2.05) is 18.2 Å². The summed E-state index contributed by atoms with van der Waals surface area (Å²) in [6.07, 6.45) is 1.13. The molecule has 0 spiro atoms. The van der Waals surface area contributed by atoms with Crippen molar-refractivity contribution in [2.45, 2.75) is 19.5 Å². The Morgan fingerprint density at radius 1 is 1.47 bits per heavy atom. The first kappa shape index (κ1) is 13.9. The maximum atomic E-state index is 11.8. The Morgan fingerprint density at radius 2 is 2.18 bits per heavy atom. The summed E-state index contributed by atoms with van der Waals surface area (Å²) in [6.45, 7) is 4.15. The molecule has 0 saturated carbocycles. The lowest BCUT2D eigenvalue weighted by Gasteiger charge is -2.14. The average molecular weight is 252 g/mol. The molecule has 0 heterocycles. The number of hydrogen-bond acceptors (Lipinski definition) is 3. The molecular formula is C12H20N2O2Si. The fourth-order valence-corrected chi connectivity index (χ4v) is 2.03. The maximum absolute atomic E-state index is 11.8. The third kappa shape index (κ3) is 5.12. The standard InChI is InChI=1S/C12H20N2O2Si/c1-17(2,16)9-14-12(15)11-5-3-4-10(8-11)6-7-13/h3-5,8,16H,6-7,9,13H2,1-2H3,(H,14,15). The Hall–Kier alpha value is -1.17. The predicted molar refractivity (Wildman–Crippen MR) is 71.2 cm³/mol. The van der Waals surface area contributed by atoms with Crippen molar-refractivity contribution in [3.05, 3.63) is 35.4 Å². The molecule has 0 saturated heterocycles. The van der Waals surface area contributed by atoms with Gasteiger partial charge in [-0.1, -0.05) is 12.1 Å². The zero-order valence-corrected chi connectivity index (χ0v) is 11.4. The zero-order chi connectivity index (χ0) is 12.9. The van der Waals surface area contributed by atoms with Crippen molar-refractivity contribution in [1.82, 2.24) is 5.32 Å². The minimum absolute atomic E-state index is 0.140. The van der Waals surface area contributed by atoms with E-state index in [0.29, 0.717) is 18.3 Å². The molecule has 4 N–H and O–H groups in total. The van der Waals surface area contributed by atoms with E-state index in [9.17, 15) is 9.59 Å². The Morgan fingerprint density at radius 3 is 2.76 bits per heavy atom. The number of amides is 1. The number of nitrogens with two attached hydrogens (primary N) is 1. The molecule has 0 aliphatic heterocycles. The average Bonchev–Trinajstić information content (AvgIpc) is 2.26. The lowest BCUT2D eigenvalue weighted by Crippen LogP contribution is -2.42. The van der Waals surface area contributed by atoms with E-state index in [1.54, 1.807) is 19.2 Å². The van der Waals surface area contributed by atoms with E-state index in [1.165, 1.54) is 0 Å². The first-order chi connectivity index (χ1) is 7.92. The SMILES string of the molecule is C[Si](C)(O)CNC(=O)c1cccc(CCN)c1. The fraction of sp³-hybridized carbons (Fsp3) is 0.417. The van der Waals surface area contributed by atoms with E-state index >= 15 is 0 Å². The molecule has 1 aromatic carbocycles. The number of nitrogens with one attached hydrogen (secondary N) is 1. The van der Waals surface area contributed by atoms with Crippen LogP contribution in [0.15, 0.2) is 24.3 Å². The lowest BCUT2D eigenvalue weighted by molar-refractivity contribution is 0.0958. The van der Waals surface area contributed by atoms with Gasteiger partial charge in [0.05, 0.1) is 0 Å². The van der Waals surface area contributed by atoms with Gasteiger partial charge in [0.15, 0.2) is 0 Å². The number of carbonyl (C=O) groups excluding carboxylic acids is 1. The quantitative estimate of drug-likeness (QED) is 0.674. The third-order valence-electron chi connectivity index (χ3n) is 2.30. The summed E-state index contributed by atoms with van der Waals surface area (Å²) in [5.41, 5.74) is 7.15. The van der Waals surface area contributed by atoms with Gasteiger partial charge < -0.3 is 15.8 Å². The summed E-state index contributed by atoms with van der Waals surface area (Å²) in [5.74, 6) is -0.140. The van der Waals surface area contributed by atoms with Crippen LogP contribution in [-0.4, -0.2) is 31.7 Å². The topological polar surface area (TPSA) is 75.3 Å². The van der Waals surface area contributed by atoms with Crippen LogP contribution in [0.1, 0.15) is 15.9 Å². The van der Waals surface area contributed by atoms with Crippen LogP contribution in [0, 0.1) is 0 Å². The molecule has 17 heavy (non-hydrogen) atoms. The van der Waals surface area contributed by atoms with E-state index in [2.05, 4.69) is 5.32 Å². The van der Waals surface area contributed by atoms with Gasteiger partial charge in [0, 0.05) is 11.7 Å². The third-order valence-corrected chi connectivity index (χ3v) is 3.35. The minimum atomic E-state index is -2.23. The highest BCUT2D eigenvalue weighted by Gasteiger charge is 2.18. The largest absolute Gasteiger partial charge is 0.431 e. The molecule has 0 fully saturated rings.